The second-order valence-electron chi connectivity index (χ2n) is 1.44. The van der Waals surface area contributed by atoms with Gasteiger partial charge in [0.25, 0.3) is 14.5 Å². The fraction of sp³-hybridized carbons (Fsp3) is 1.00. The second kappa shape index (κ2) is 4.87. The van der Waals surface area contributed by atoms with Crippen LogP contribution < -0.4 is 0 Å². The number of rotatable bonds is 5. The Labute approximate surface area is 65.5 Å². The van der Waals surface area contributed by atoms with E-state index >= 15 is 0 Å². The van der Waals surface area contributed by atoms with E-state index in [0.717, 1.165) is 0 Å². The summed E-state index contributed by atoms with van der Waals surface area (Å²) >= 11 is 0. The summed E-state index contributed by atoms with van der Waals surface area (Å²) in [5.41, 5.74) is 0. The molecular weight excluding hydrogens is 174 g/mol. The molecule has 6 nitrogen and oxygen atoms in total. The van der Waals surface area contributed by atoms with E-state index in [1.165, 1.54) is 14.2 Å². The average Bonchev–Trinajstić information content (AvgIpc) is 2.00. The second-order valence-corrected chi connectivity index (χ2v) is 2.80. The molecule has 0 amide bonds. The quantitative estimate of drug-likeness (QED) is 0.359. The molecule has 8 heteroatoms. The molecule has 0 aliphatic carbocycles. The highest BCUT2D eigenvalue weighted by atomic mass is 31.2. The summed E-state index contributed by atoms with van der Waals surface area (Å²) in [6.07, 6.45) is 0. The maximum atomic E-state index is 10.5. The van der Waals surface area contributed by atoms with Crippen molar-refractivity contribution in [3.05, 3.63) is 0 Å². The first-order chi connectivity index (χ1) is 5.05. The summed E-state index contributed by atoms with van der Waals surface area (Å²) in [6.45, 7) is -1.27. The number of phosphoric ester groups is 1. The van der Waals surface area contributed by atoms with Gasteiger partial charge in [-0.3, -0.25) is 0 Å². The Balaban J connectivity index is 3.90. The normalized spacial score (nSPS) is 16.7. The first-order valence-corrected chi connectivity index (χ1v) is 4.00. The molecule has 0 spiro atoms. The number of hydrogen-bond donors (Lipinski definition) is 1. The summed E-state index contributed by atoms with van der Waals surface area (Å²) in [4.78, 5) is 8.58. The highest BCUT2D eigenvalue weighted by molar-refractivity contribution is 7.48. The number of methoxy groups -OCH3 is 2. The molecule has 0 rings (SSSR count). The van der Waals surface area contributed by atoms with E-state index in [0.29, 0.717) is 0 Å². The summed E-state index contributed by atoms with van der Waals surface area (Å²) in [6, 6.07) is 0. The van der Waals surface area contributed by atoms with Gasteiger partial charge in [-0.15, -0.1) is 0 Å². The van der Waals surface area contributed by atoms with E-state index in [-0.39, 0.29) is 0 Å². The minimum atomic E-state index is -4.23. The molecule has 0 aromatic rings. The zero-order chi connectivity index (χ0) is 8.91. The molecule has 2 radical (unpaired) electrons. The van der Waals surface area contributed by atoms with Gasteiger partial charge >= 0.3 is 7.82 Å². The van der Waals surface area contributed by atoms with Crippen molar-refractivity contribution in [3.63, 3.8) is 0 Å². The fourth-order valence-electron chi connectivity index (χ4n) is 0.316. The standard InChI is InChI=1S/C3H8BO6P/c1-7-3(8-2)9-11(5,6)10-4/h3H,1-2H3,(H,5,6). The molecule has 0 saturated heterocycles. The van der Waals surface area contributed by atoms with Crippen LogP contribution in [0.15, 0.2) is 0 Å². The predicted molar refractivity (Wildman–Crippen MR) is 35.6 cm³/mol. The molecule has 1 atom stereocenters. The topological polar surface area (TPSA) is 74.2 Å². The molecule has 11 heavy (non-hydrogen) atoms. The van der Waals surface area contributed by atoms with Crippen LogP contribution in [-0.4, -0.2) is 33.6 Å². The van der Waals surface area contributed by atoms with Crippen molar-refractivity contribution in [2.75, 3.05) is 14.2 Å². The Morgan fingerprint density at radius 2 is 1.91 bits per heavy atom. The van der Waals surface area contributed by atoms with Crippen LogP contribution in [0.1, 0.15) is 0 Å². The summed E-state index contributed by atoms with van der Waals surface area (Å²) in [7, 11) is 2.63. The smallest absolute Gasteiger partial charge is 0.362 e. The van der Waals surface area contributed by atoms with Crippen LogP contribution in [0, 0.1) is 0 Å². The number of ether oxygens (including phenoxy) is 2. The maximum Gasteiger partial charge on any atom is 0.461 e. The number of hydrogen-bond acceptors (Lipinski definition) is 5. The van der Waals surface area contributed by atoms with Gasteiger partial charge in [0, 0.05) is 14.2 Å². The lowest BCUT2D eigenvalue weighted by atomic mass is 10.6. The van der Waals surface area contributed by atoms with Gasteiger partial charge in [-0.05, 0) is 0 Å². The van der Waals surface area contributed by atoms with E-state index in [1.54, 1.807) is 0 Å². The van der Waals surface area contributed by atoms with Crippen LogP contribution >= 0.6 is 7.82 Å². The molecular formula is C3H8BO6P. The lowest BCUT2D eigenvalue weighted by Crippen LogP contribution is -2.16. The molecule has 0 fully saturated rings. The van der Waals surface area contributed by atoms with Crippen LogP contribution in [0.4, 0.5) is 0 Å². The van der Waals surface area contributed by atoms with Crippen LogP contribution in [0.5, 0.6) is 0 Å². The third-order valence-corrected chi connectivity index (χ3v) is 1.44. The van der Waals surface area contributed by atoms with E-state index in [9.17, 15) is 4.57 Å². The van der Waals surface area contributed by atoms with Crippen molar-refractivity contribution in [1.29, 1.82) is 0 Å². The van der Waals surface area contributed by atoms with Crippen LogP contribution in [-0.2, 0) is 23.0 Å². The number of phosphoric acid groups is 1. The molecule has 1 unspecified atom stereocenters. The van der Waals surface area contributed by atoms with Crippen LogP contribution in [0.2, 0.25) is 0 Å². The first-order valence-electron chi connectivity index (χ1n) is 2.51. The zero-order valence-electron chi connectivity index (χ0n) is 6.09. The van der Waals surface area contributed by atoms with Gasteiger partial charge in [0.1, 0.15) is 0 Å². The summed E-state index contributed by atoms with van der Waals surface area (Å²) in [5.74, 6) is 0. The molecule has 0 aliphatic rings. The molecule has 0 aromatic heterocycles. The van der Waals surface area contributed by atoms with Gasteiger partial charge in [0.2, 0.25) is 0 Å². The SMILES string of the molecule is [B]OP(=O)(O)OC(OC)OC. The fourth-order valence-corrected chi connectivity index (χ4v) is 0.755. The molecule has 0 bridgehead atoms. The maximum absolute atomic E-state index is 10.5. The van der Waals surface area contributed by atoms with E-state index in [4.69, 9.17) is 4.89 Å². The molecule has 64 valence electrons. The predicted octanol–water partition coefficient (Wildman–Crippen LogP) is -0.220. The molecule has 1 N–H and O–H groups in total. The van der Waals surface area contributed by atoms with Crippen molar-refractivity contribution in [2.45, 2.75) is 6.48 Å². The lowest BCUT2D eigenvalue weighted by Gasteiger charge is -2.16. The summed E-state index contributed by atoms with van der Waals surface area (Å²) in [5, 5.41) is 0. The Bertz CT molecular complexity index is 147. The van der Waals surface area contributed by atoms with Crippen molar-refractivity contribution >= 4 is 15.9 Å². The molecule has 0 aromatic carbocycles. The van der Waals surface area contributed by atoms with Gasteiger partial charge in [-0.1, -0.05) is 0 Å². The van der Waals surface area contributed by atoms with Gasteiger partial charge in [0.05, 0.1) is 0 Å². The summed E-state index contributed by atoms with van der Waals surface area (Å²) < 4.78 is 27.2. The van der Waals surface area contributed by atoms with Gasteiger partial charge in [-0.25, -0.2) is 9.09 Å². The average molecular weight is 182 g/mol. The Morgan fingerprint density at radius 3 is 2.18 bits per heavy atom. The van der Waals surface area contributed by atoms with Gasteiger partial charge in [-0.2, -0.15) is 0 Å². The highest BCUT2D eigenvalue weighted by Gasteiger charge is 2.23. The molecule has 0 aliphatic heterocycles. The minimum absolute atomic E-state index is 1.23. The van der Waals surface area contributed by atoms with Crippen molar-refractivity contribution in [2.24, 2.45) is 0 Å². The van der Waals surface area contributed by atoms with Gasteiger partial charge < -0.3 is 18.8 Å². The lowest BCUT2D eigenvalue weighted by molar-refractivity contribution is -0.225. The van der Waals surface area contributed by atoms with Crippen molar-refractivity contribution < 1.29 is 27.9 Å². The van der Waals surface area contributed by atoms with Crippen LogP contribution in [0.3, 0.4) is 0 Å². The third kappa shape index (κ3) is 4.52. The van der Waals surface area contributed by atoms with Crippen LogP contribution in [0.25, 0.3) is 0 Å². The third-order valence-electron chi connectivity index (χ3n) is 0.737. The van der Waals surface area contributed by atoms with E-state index < -0.39 is 14.3 Å². The van der Waals surface area contributed by atoms with E-state index in [1.807, 2.05) is 0 Å². The zero-order valence-corrected chi connectivity index (χ0v) is 6.98. The van der Waals surface area contributed by atoms with E-state index in [2.05, 4.69) is 26.5 Å². The van der Waals surface area contributed by atoms with Crippen molar-refractivity contribution in [3.8, 4) is 0 Å². The van der Waals surface area contributed by atoms with Gasteiger partial charge in [0.15, 0.2) is 0 Å². The highest BCUT2D eigenvalue weighted by Crippen LogP contribution is 2.43. The molecule has 0 saturated carbocycles. The monoisotopic (exact) mass is 182 g/mol. The first kappa shape index (κ1) is 11.1. The largest absolute Gasteiger partial charge is 0.461 e. The Morgan fingerprint density at radius 1 is 1.45 bits per heavy atom. The molecule has 0 heterocycles. The minimum Gasteiger partial charge on any atom is -0.362 e. The Kier molecular flexibility index (Phi) is 4.91. The Hall–Kier alpha value is 0.0949. The van der Waals surface area contributed by atoms with Crippen molar-refractivity contribution in [1.82, 2.24) is 0 Å².